The second-order valence-electron chi connectivity index (χ2n) is 4.82. The summed E-state index contributed by atoms with van der Waals surface area (Å²) >= 11 is 2.71. The Morgan fingerprint density at radius 1 is 1.29 bits per heavy atom. The van der Waals surface area contributed by atoms with Crippen LogP contribution in [0.3, 0.4) is 0 Å². The number of nitrogen functional groups attached to an aromatic ring is 1. The zero-order chi connectivity index (χ0) is 16.5. The fraction of sp³-hybridized carbons (Fsp3) is 0.0714. The minimum absolute atomic E-state index is 0.154. The molecule has 10 heteroatoms. The van der Waals surface area contributed by atoms with E-state index in [1.54, 1.807) is 0 Å². The van der Waals surface area contributed by atoms with Gasteiger partial charge in [0.1, 0.15) is 11.8 Å². The molecule has 0 atom stereocenters. The first-order valence-electron chi connectivity index (χ1n) is 6.93. The molecule has 0 aliphatic rings. The van der Waals surface area contributed by atoms with Crippen molar-refractivity contribution in [3.8, 4) is 0 Å². The number of H-pyrrole nitrogens is 1. The van der Waals surface area contributed by atoms with E-state index in [0.29, 0.717) is 27.3 Å². The second kappa shape index (κ2) is 6.06. The van der Waals surface area contributed by atoms with Gasteiger partial charge in [0.2, 0.25) is 5.91 Å². The van der Waals surface area contributed by atoms with Gasteiger partial charge in [0, 0.05) is 0 Å². The molecule has 4 N–H and O–H groups in total. The van der Waals surface area contributed by atoms with Gasteiger partial charge in [-0.25, -0.2) is 19.9 Å². The molecule has 0 aliphatic heterocycles. The monoisotopic (exact) mass is 357 g/mol. The average Bonchev–Trinajstić information content (AvgIpc) is 3.16. The molecule has 1 aromatic carbocycles. The van der Waals surface area contributed by atoms with E-state index in [2.05, 4.69) is 30.2 Å². The minimum atomic E-state index is -0.154. The zero-order valence-electron chi connectivity index (χ0n) is 12.2. The van der Waals surface area contributed by atoms with Crippen molar-refractivity contribution in [2.45, 2.75) is 5.16 Å². The van der Waals surface area contributed by atoms with Crippen LogP contribution in [0, 0.1) is 0 Å². The third-order valence-electron chi connectivity index (χ3n) is 3.18. The van der Waals surface area contributed by atoms with Gasteiger partial charge in [-0.1, -0.05) is 35.2 Å². The average molecular weight is 357 g/mol. The summed E-state index contributed by atoms with van der Waals surface area (Å²) in [4.78, 5) is 31.7. The highest BCUT2D eigenvalue weighted by atomic mass is 32.2. The van der Waals surface area contributed by atoms with Gasteiger partial charge in [0.05, 0.1) is 16.0 Å². The van der Waals surface area contributed by atoms with Crippen molar-refractivity contribution >= 4 is 61.3 Å². The van der Waals surface area contributed by atoms with Gasteiger partial charge in [-0.3, -0.25) is 4.79 Å². The summed E-state index contributed by atoms with van der Waals surface area (Å²) in [7, 11) is 0. The Morgan fingerprint density at radius 2 is 2.17 bits per heavy atom. The number of amides is 1. The molecule has 8 nitrogen and oxygen atoms in total. The lowest BCUT2D eigenvalue weighted by Gasteiger charge is -1.99. The molecular formula is C14H11N7OS2. The fourth-order valence-electron chi connectivity index (χ4n) is 2.11. The number of thioether (sulfide) groups is 1. The SMILES string of the molecule is Nc1ncnc2nc(SCC(=O)Nc3nc4ccccc4s3)[nH]c12. The molecule has 0 spiro atoms. The van der Waals surface area contributed by atoms with Gasteiger partial charge < -0.3 is 16.0 Å². The van der Waals surface area contributed by atoms with Crippen LogP contribution in [-0.2, 0) is 4.79 Å². The number of rotatable bonds is 4. The molecule has 0 radical (unpaired) electrons. The van der Waals surface area contributed by atoms with Gasteiger partial charge in [-0.2, -0.15) is 0 Å². The molecule has 0 saturated carbocycles. The first-order valence-corrected chi connectivity index (χ1v) is 8.73. The predicted octanol–water partition coefficient (Wildman–Crippen LogP) is 2.28. The van der Waals surface area contributed by atoms with E-state index < -0.39 is 0 Å². The van der Waals surface area contributed by atoms with E-state index in [0.717, 1.165) is 10.2 Å². The number of carbonyl (C=O) groups is 1. The Kier molecular flexibility index (Phi) is 3.75. The van der Waals surface area contributed by atoms with Crippen molar-refractivity contribution in [2.24, 2.45) is 0 Å². The van der Waals surface area contributed by atoms with Crippen LogP contribution in [0.5, 0.6) is 0 Å². The standard InChI is InChI=1S/C14H11N7OS2/c15-11-10-12(17-6-16-11)21-13(20-10)23-5-9(22)19-14-18-7-3-1-2-4-8(7)24-14/h1-4,6H,5H2,(H,18,19,22)(H3,15,16,17,20,21). The highest BCUT2D eigenvalue weighted by molar-refractivity contribution is 7.99. The Labute approximate surface area is 143 Å². The number of nitrogens with two attached hydrogens (primary N) is 1. The van der Waals surface area contributed by atoms with Crippen molar-refractivity contribution in [3.05, 3.63) is 30.6 Å². The number of hydrogen-bond acceptors (Lipinski definition) is 8. The maximum absolute atomic E-state index is 12.1. The van der Waals surface area contributed by atoms with Crippen LogP contribution >= 0.6 is 23.1 Å². The van der Waals surface area contributed by atoms with Gasteiger partial charge in [-0.15, -0.1) is 0 Å². The number of nitrogens with zero attached hydrogens (tertiary/aromatic N) is 4. The van der Waals surface area contributed by atoms with Gasteiger partial charge >= 0.3 is 0 Å². The highest BCUT2D eigenvalue weighted by Crippen LogP contribution is 2.26. The van der Waals surface area contributed by atoms with Crippen LogP contribution in [0.25, 0.3) is 21.4 Å². The van der Waals surface area contributed by atoms with Gasteiger partial charge in [0.25, 0.3) is 0 Å². The van der Waals surface area contributed by atoms with Crippen molar-refractivity contribution < 1.29 is 4.79 Å². The molecule has 24 heavy (non-hydrogen) atoms. The molecular weight excluding hydrogens is 346 g/mol. The number of benzene rings is 1. The quantitative estimate of drug-likeness (QED) is 0.479. The van der Waals surface area contributed by atoms with E-state index >= 15 is 0 Å². The first kappa shape index (κ1) is 14.8. The first-order chi connectivity index (χ1) is 11.7. The number of imidazole rings is 1. The van der Waals surface area contributed by atoms with Crippen molar-refractivity contribution in [1.82, 2.24) is 24.9 Å². The smallest absolute Gasteiger partial charge is 0.236 e. The van der Waals surface area contributed by atoms with Crippen LogP contribution in [0.2, 0.25) is 0 Å². The van der Waals surface area contributed by atoms with Crippen LogP contribution in [0.4, 0.5) is 10.9 Å². The summed E-state index contributed by atoms with van der Waals surface area (Å²) in [5.41, 5.74) is 7.68. The lowest BCUT2D eigenvalue weighted by molar-refractivity contribution is -0.113. The summed E-state index contributed by atoms with van der Waals surface area (Å²) in [6, 6.07) is 7.74. The molecule has 120 valence electrons. The molecule has 0 bridgehead atoms. The van der Waals surface area contributed by atoms with Crippen molar-refractivity contribution in [1.29, 1.82) is 0 Å². The highest BCUT2D eigenvalue weighted by Gasteiger charge is 2.11. The molecule has 4 rings (SSSR count). The molecule has 3 heterocycles. The Hall–Kier alpha value is -2.72. The summed E-state index contributed by atoms with van der Waals surface area (Å²) in [5.74, 6) is 0.375. The van der Waals surface area contributed by atoms with Gasteiger partial charge in [-0.05, 0) is 12.1 Å². The molecule has 0 fully saturated rings. The largest absolute Gasteiger partial charge is 0.382 e. The molecule has 3 aromatic heterocycles. The third-order valence-corrected chi connectivity index (χ3v) is 5.00. The molecule has 0 saturated heterocycles. The number of aromatic amines is 1. The van der Waals surface area contributed by atoms with Crippen molar-refractivity contribution in [3.63, 3.8) is 0 Å². The molecule has 0 aliphatic carbocycles. The second-order valence-corrected chi connectivity index (χ2v) is 6.82. The minimum Gasteiger partial charge on any atom is -0.382 e. The Bertz CT molecular complexity index is 1010. The summed E-state index contributed by atoms with van der Waals surface area (Å²) in [5, 5.41) is 3.95. The number of hydrogen-bond donors (Lipinski definition) is 3. The van der Waals surface area contributed by atoms with Crippen molar-refractivity contribution in [2.75, 3.05) is 16.8 Å². The summed E-state index contributed by atoms with van der Waals surface area (Å²) in [6.07, 6.45) is 1.35. The Balaban J connectivity index is 1.43. The topological polar surface area (TPSA) is 122 Å². The van der Waals surface area contributed by atoms with Crippen LogP contribution < -0.4 is 11.1 Å². The number of carbonyl (C=O) groups excluding carboxylic acids is 1. The maximum Gasteiger partial charge on any atom is 0.236 e. The molecule has 4 aromatic rings. The van der Waals surface area contributed by atoms with Crippen LogP contribution in [-0.4, -0.2) is 36.6 Å². The third kappa shape index (κ3) is 2.88. The molecule has 0 unspecified atom stereocenters. The Morgan fingerprint density at radius 3 is 3.00 bits per heavy atom. The van der Waals surface area contributed by atoms with E-state index in [-0.39, 0.29) is 11.7 Å². The lowest BCUT2D eigenvalue weighted by Crippen LogP contribution is -2.13. The number of thiazole rings is 1. The number of nitrogens with one attached hydrogen (secondary N) is 2. The lowest BCUT2D eigenvalue weighted by atomic mass is 10.3. The molecule has 1 amide bonds. The van der Waals surface area contributed by atoms with E-state index in [9.17, 15) is 4.79 Å². The van der Waals surface area contributed by atoms with E-state index in [4.69, 9.17) is 5.73 Å². The number of anilines is 2. The van der Waals surface area contributed by atoms with Gasteiger partial charge in [0.15, 0.2) is 21.8 Å². The number of aromatic nitrogens is 5. The zero-order valence-corrected chi connectivity index (χ0v) is 13.8. The number of para-hydroxylation sites is 1. The summed E-state index contributed by atoms with van der Waals surface area (Å²) < 4.78 is 1.03. The fourth-order valence-corrected chi connectivity index (χ4v) is 3.66. The normalized spacial score (nSPS) is 11.2. The maximum atomic E-state index is 12.1. The van der Waals surface area contributed by atoms with E-state index in [1.165, 1.54) is 29.4 Å². The van der Waals surface area contributed by atoms with Crippen LogP contribution in [0.1, 0.15) is 0 Å². The van der Waals surface area contributed by atoms with Crippen LogP contribution in [0.15, 0.2) is 35.7 Å². The van der Waals surface area contributed by atoms with E-state index in [1.807, 2.05) is 24.3 Å². The predicted molar refractivity (Wildman–Crippen MR) is 95.1 cm³/mol. The number of fused-ring (bicyclic) bond motifs is 2. The summed E-state index contributed by atoms with van der Waals surface area (Å²) in [6.45, 7) is 0.